The number of hydrogen-bond donors (Lipinski definition) is 1. The standard InChI is InChI=1S/C25H36N2O5/c1-5-7-14-26(15-8-6-2)16-9-17-27-22(21(18(3)28)23(29)24(27)30)19-10-12-20(13-11-19)25(31)32-4/h10-13,22,29H,5-9,14-17H2,1-4H3/t22-/m0/s1. The molecule has 0 saturated carbocycles. The van der Waals surface area contributed by atoms with Gasteiger partial charge in [-0.25, -0.2) is 4.79 Å². The van der Waals surface area contributed by atoms with Crippen molar-refractivity contribution < 1.29 is 24.2 Å². The van der Waals surface area contributed by atoms with Gasteiger partial charge in [0.25, 0.3) is 5.91 Å². The summed E-state index contributed by atoms with van der Waals surface area (Å²) in [6, 6.07) is 5.95. The van der Waals surface area contributed by atoms with Crippen LogP contribution in [0.15, 0.2) is 35.6 Å². The summed E-state index contributed by atoms with van der Waals surface area (Å²) in [5, 5.41) is 10.4. The normalized spacial score (nSPS) is 16.2. The number of aliphatic hydroxyl groups is 1. The molecule has 1 amide bonds. The SMILES string of the molecule is CCCCN(CCCC)CCCN1C(=O)C(O)=C(C(C)=O)[C@@H]1c1ccc(C(=O)OC)cc1. The number of methoxy groups -OCH3 is 1. The number of benzene rings is 1. The second-order valence-electron chi connectivity index (χ2n) is 8.24. The number of nitrogens with zero attached hydrogens (tertiary/aromatic N) is 2. The Morgan fingerprint density at radius 1 is 1.03 bits per heavy atom. The number of amides is 1. The lowest BCUT2D eigenvalue weighted by Crippen LogP contribution is -2.35. The van der Waals surface area contributed by atoms with Crippen LogP contribution in [-0.4, -0.2) is 65.9 Å². The predicted molar refractivity (Wildman–Crippen MR) is 123 cm³/mol. The number of rotatable bonds is 13. The highest BCUT2D eigenvalue weighted by molar-refractivity contribution is 6.08. The van der Waals surface area contributed by atoms with E-state index in [1.54, 1.807) is 29.2 Å². The number of aliphatic hydroxyl groups excluding tert-OH is 1. The minimum Gasteiger partial charge on any atom is -0.503 e. The lowest BCUT2D eigenvalue weighted by atomic mass is 9.96. The first-order valence-electron chi connectivity index (χ1n) is 11.5. The van der Waals surface area contributed by atoms with E-state index in [9.17, 15) is 19.5 Å². The maximum atomic E-state index is 12.8. The van der Waals surface area contributed by atoms with Crippen molar-refractivity contribution in [3.8, 4) is 0 Å². The van der Waals surface area contributed by atoms with Gasteiger partial charge in [-0.15, -0.1) is 0 Å². The molecule has 1 aliphatic heterocycles. The van der Waals surface area contributed by atoms with Gasteiger partial charge in [-0.05, 0) is 63.5 Å². The van der Waals surface area contributed by atoms with Gasteiger partial charge in [0.05, 0.1) is 24.3 Å². The molecule has 0 bridgehead atoms. The summed E-state index contributed by atoms with van der Waals surface area (Å²) in [5.41, 5.74) is 1.16. The van der Waals surface area contributed by atoms with E-state index in [2.05, 4.69) is 18.7 Å². The van der Waals surface area contributed by atoms with Crippen LogP contribution in [0.2, 0.25) is 0 Å². The van der Waals surface area contributed by atoms with Crippen LogP contribution in [0.5, 0.6) is 0 Å². The summed E-state index contributed by atoms with van der Waals surface area (Å²) in [7, 11) is 1.31. The molecule has 176 valence electrons. The molecule has 0 aliphatic carbocycles. The van der Waals surface area contributed by atoms with Crippen molar-refractivity contribution in [1.82, 2.24) is 9.80 Å². The maximum Gasteiger partial charge on any atom is 0.337 e. The maximum absolute atomic E-state index is 12.8. The Morgan fingerprint density at radius 2 is 1.59 bits per heavy atom. The van der Waals surface area contributed by atoms with Gasteiger partial charge in [0.2, 0.25) is 0 Å². The van der Waals surface area contributed by atoms with Gasteiger partial charge in [-0.2, -0.15) is 0 Å². The number of unbranched alkanes of at least 4 members (excludes halogenated alkanes) is 2. The average Bonchev–Trinajstić information content (AvgIpc) is 3.05. The number of ketones is 1. The second-order valence-corrected chi connectivity index (χ2v) is 8.24. The monoisotopic (exact) mass is 444 g/mol. The zero-order chi connectivity index (χ0) is 23.7. The van der Waals surface area contributed by atoms with Crippen LogP contribution in [0.1, 0.15) is 74.8 Å². The fraction of sp³-hybridized carbons (Fsp3) is 0.560. The summed E-state index contributed by atoms with van der Waals surface area (Å²) in [6.45, 7) is 9.06. The molecule has 32 heavy (non-hydrogen) atoms. The van der Waals surface area contributed by atoms with Gasteiger partial charge >= 0.3 is 5.97 Å². The molecular formula is C25H36N2O5. The topological polar surface area (TPSA) is 87.2 Å². The lowest BCUT2D eigenvalue weighted by molar-refractivity contribution is -0.129. The highest BCUT2D eigenvalue weighted by atomic mass is 16.5. The molecule has 0 saturated heterocycles. The molecule has 1 atom stereocenters. The number of ether oxygens (including phenoxy) is 1. The Hall–Kier alpha value is -2.67. The van der Waals surface area contributed by atoms with Gasteiger partial charge < -0.3 is 19.6 Å². The van der Waals surface area contributed by atoms with Crippen molar-refractivity contribution >= 4 is 17.7 Å². The summed E-state index contributed by atoms with van der Waals surface area (Å²) >= 11 is 0. The average molecular weight is 445 g/mol. The Kier molecular flexibility index (Phi) is 9.91. The van der Waals surface area contributed by atoms with Crippen molar-refractivity contribution in [3.63, 3.8) is 0 Å². The zero-order valence-corrected chi connectivity index (χ0v) is 19.7. The number of carbonyl (C=O) groups excluding carboxylic acids is 3. The van der Waals surface area contributed by atoms with Gasteiger partial charge in [0.15, 0.2) is 11.5 Å². The van der Waals surface area contributed by atoms with Gasteiger partial charge in [0, 0.05) is 6.54 Å². The van der Waals surface area contributed by atoms with E-state index >= 15 is 0 Å². The lowest BCUT2D eigenvalue weighted by Gasteiger charge is -2.28. The molecule has 1 aliphatic rings. The number of hydrogen-bond acceptors (Lipinski definition) is 6. The summed E-state index contributed by atoms with van der Waals surface area (Å²) in [6.07, 6.45) is 5.29. The predicted octanol–water partition coefficient (Wildman–Crippen LogP) is 4.05. The highest BCUT2D eigenvalue weighted by Gasteiger charge is 2.42. The molecule has 2 rings (SSSR count). The molecule has 7 nitrogen and oxygen atoms in total. The Morgan fingerprint density at radius 3 is 2.09 bits per heavy atom. The fourth-order valence-electron chi connectivity index (χ4n) is 4.07. The molecule has 1 heterocycles. The van der Waals surface area contributed by atoms with E-state index in [1.165, 1.54) is 14.0 Å². The summed E-state index contributed by atoms with van der Waals surface area (Å²) in [5.74, 6) is -1.80. The first kappa shape index (κ1) is 25.6. The number of esters is 1. The molecule has 0 aromatic heterocycles. The van der Waals surface area contributed by atoms with Crippen LogP contribution >= 0.6 is 0 Å². The van der Waals surface area contributed by atoms with Crippen LogP contribution in [-0.2, 0) is 14.3 Å². The van der Waals surface area contributed by atoms with Crippen molar-refractivity contribution in [2.45, 2.75) is 58.9 Å². The van der Waals surface area contributed by atoms with Crippen LogP contribution in [0, 0.1) is 0 Å². The molecule has 1 aromatic carbocycles. The largest absolute Gasteiger partial charge is 0.503 e. The van der Waals surface area contributed by atoms with Crippen molar-refractivity contribution in [2.24, 2.45) is 0 Å². The molecule has 1 N–H and O–H groups in total. The Bertz CT molecular complexity index is 823. The first-order valence-corrected chi connectivity index (χ1v) is 11.5. The molecule has 0 spiro atoms. The number of Topliss-reactive ketones (excluding diaryl/α,β-unsaturated/α-hetero) is 1. The van der Waals surface area contributed by atoms with Crippen LogP contribution in [0.25, 0.3) is 0 Å². The van der Waals surface area contributed by atoms with E-state index in [1.807, 2.05) is 0 Å². The van der Waals surface area contributed by atoms with Crippen LogP contribution < -0.4 is 0 Å². The van der Waals surface area contributed by atoms with Gasteiger partial charge in [0.1, 0.15) is 0 Å². The third kappa shape index (κ3) is 6.19. The van der Waals surface area contributed by atoms with E-state index < -0.39 is 23.7 Å². The van der Waals surface area contributed by atoms with E-state index in [4.69, 9.17) is 4.74 Å². The fourth-order valence-corrected chi connectivity index (χ4v) is 4.07. The second kappa shape index (κ2) is 12.4. The molecule has 7 heteroatoms. The molecular weight excluding hydrogens is 408 g/mol. The third-order valence-corrected chi connectivity index (χ3v) is 5.86. The summed E-state index contributed by atoms with van der Waals surface area (Å²) < 4.78 is 4.74. The third-order valence-electron chi connectivity index (χ3n) is 5.86. The van der Waals surface area contributed by atoms with Gasteiger partial charge in [-0.3, -0.25) is 9.59 Å². The Labute approximate surface area is 191 Å². The quantitative estimate of drug-likeness (QED) is 0.462. The van der Waals surface area contributed by atoms with Crippen molar-refractivity contribution in [3.05, 3.63) is 46.7 Å². The zero-order valence-electron chi connectivity index (χ0n) is 19.7. The van der Waals surface area contributed by atoms with E-state index in [0.717, 1.165) is 51.7 Å². The molecule has 1 aromatic rings. The van der Waals surface area contributed by atoms with E-state index in [0.29, 0.717) is 17.7 Å². The van der Waals surface area contributed by atoms with Crippen LogP contribution in [0.4, 0.5) is 0 Å². The van der Waals surface area contributed by atoms with E-state index in [-0.39, 0.29) is 11.4 Å². The number of carbonyl (C=O) groups is 3. The molecule has 0 fully saturated rings. The molecule has 0 radical (unpaired) electrons. The first-order chi connectivity index (χ1) is 15.3. The smallest absolute Gasteiger partial charge is 0.337 e. The van der Waals surface area contributed by atoms with Crippen molar-refractivity contribution in [2.75, 3.05) is 33.3 Å². The summed E-state index contributed by atoms with van der Waals surface area (Å²) in [4.78, 5) is 40.9. The van der Waals surface area contributed by atoms with Crippen LogP contribution in [0.3, 0.4) is 0 Å². The minimum atomic E-state index is -0.661. The Balaban J connectivity index is 2.19. The van der Waals surface area contributed by atoms with Crippen molar-refractivity contribution in [1.29, 1.82) is 0 Å². The minimum absolute atomic E-state index is 0.106. The highest BCUT2D eigenvalue weighted by Crippen LogP contribution is 2.37. The van der Waals surface area contributed by atoms with Gasteiger partial charge in [-0.1, -0.05) is 38.8 Å². The molecule has 0 unspecified atom stereocenters.